The van der Waals surface area contributed by atoms with Crippen molar-refractivity contribution in [3.8, 4) is 0 Å². The summed E-state index contributed by atoms with van der Waals surface area (Å²) in [5.41, 5.74) is 0.867. The van der Waals surface area contributed by atoms with Gasteiger partial charge in [-0.3, -0.25) is 4.79 Å². The molecule has 0 aliphatic rings. The van der Waals surface area contributed by atoms with E-state index in [9.17, 15) is 4.79 Å². The lowest BCUT2D eigenvalue weighted by atomic mass is 10.4. The van der Waals surface area contributed by atoms with Crippen LogP contribution in [0.2, 0.25) is 0 Å². The van der Waals surface area contributed by atoms with Gasteiger partial charge in [-0.1, -0.05) is 0 Å². The quantitative estimate of drug-likeness (QED) is 0.713. The number of carbonyl (C=O) groups is 1. The number of hydrogen-bond acceptors (Lipinski definition) is 5. The average Bonchev–Trinajstić information content (AvgIpc) is 2.18. The number of nitrogens with one attached hydrogen (secondary N) is 1. The highest BCUT2D eigenvalue weighted by molar-refractivity contribution is 5.71. The lowest BCUT2D eigenvalue weighted by Crippen LogP contribution is -2.24. The molecule has 0 aliphatic carbocycles. The van der Waals surface area contributed by atoms with Gasteiger partial charge in [-0.15, -0.1) is 0 Å². The van der Waals surface area contributed by atoms with E-state index in [0.717, 1.165) is 11.5 Å². The van der Waals surface area contributed by atoms with Crippen LogP contribution in [-0.2, 0) is 16.1 Å². The maximum atomic E-state index is 11.0. The third kappa shape index (κ3) is 4.51. The smallest absolute Gasteiger partial charge is 0.319 e. The summed E-state index contributed by atoms with van der Waals surface area (Å²) in [6.45, 7) is 4.77. The van der Waals surface area contributed by atoms with Crippen LogP contribution in [-0.4, -0.2) is 29.1 Å². The predicted octanol–water partition coefficient (Wildman–Crippen LogP) is 0.438. The first-order valence-corrected chi connectivity index (χ1v) is 4.87. The molecular formula is C10H15N3O2. The molecule has 1 aromatic heterocycles. The Labute approximate surface area is 88.9 Å². The fourth-order valence-electron chi connectivity index (χ4n) is 1.11. The Morgan fingerprint density at radius 3 is 3.07 bits per heavy atom. The Hall–Kier alpha value is -1.49. The van der Waals surface area contributed by atoms with Gasteiger partial charge in [0, 0.05) is 12.7 Å². The third-order valence-corrected chi connectivity index (χ3v) is 1.71. The van der Waals surface area contributed by atoms with Gasteiger partial charge < -0.3 is 10.1 Å². The monoisotopic (exact) mass is 209 g/mol. The molecule has 0 atom stereocenters. The molecule has 1 aromatic rings. The van der Waals surface area contributed by atoms with E-state index >= 15 is 0 Å². The second-order valence-corrected chi connectivity index (χ2v) is 3.00. The molecule has 0 unspecified atom stereocenters. The summed E-state index contributed by atoms with van der Waals surface area (Å²) in [7, 11) is 0. The SMILES string of the molecule is CCOC(=O)CNCc1ccnc(C)n1. The molecule has 1 N–H and O–H groups in total. The highest BCUT2D eigenvalue weighted by atomic mass is 16.5. The molecule has 0 aliphatic heterocycles. The Morgan fingerprint density at radius 2 is 2.40 bits per heavy atom. The minimum Gasteiger partial charge on any atom is -0.465 e. The molecule has 0 fully saturated rings. The van der Waals surface area contributed by atoms with Crippen molar-refractivity contribution in [2.24, 2.45) is 0 Å². The summed E-state index contributed by atoms with van der Waals surface area (Å²) in [6, 6.07) is 1.81. The number of esters is 1. The zero-order valence-corrected chi connectivity index (χ0v) is 8.99. The zero-order valence-electron chi connectivity index (χ0n) is 8.99. The molecule has 15 heavy (non-hydrogen) atoms. The topological polar surface area (TPSA) is 64.1 Å². The van der Waals surface area contributed by atoms with E-state index in [1.165, 1.54) is 0 Å². The summed E-state index contributed by atoms with van der Waals surface area (Å²) in [5.74, 6) is 0.480. The number of aryl methyl sites for hydroxylation is 1. The van der Waals surface area contributed by atoms with Crippen LogP contribution in [0.1, 0.15) is 18.4 Å². The van der Waals surface area contributed by atoms with Crippen molar-refractivity contribution < 1.29 is 9.53 Å². The number of nitrogens with zero attached hydrogens (tertiary/aromatic N) is 2. The van der Waals surface area contributed by atoms with Gasteiger partial charge in [0.15, 0.2) is 0 Å². The average molecular weight is 209 g/mol. The van der Waals surface area contributed by atoms with Gasteiger partial charge in [-0.05, 0) is 19.9 Å². The van der Waals surface area contributed by atoms with Crippen molar-refractivity contribution in [3.05, 3.63) is 23.8 Å². The van der Waals surface area contributed by atoms with Crippen LogP contribution < -0.4 is 5.32 Å². The van der Waals surface area contributed by atoms with Crippen molar-refractivity contribution >= 4 is 5.97 Å². The van der Waals surface area contributed by atoms with E-state index in [-0.39, 0.29) is 12.5 Å². The van der Waals surface area contributed by atoms with E-state index in [2.05, 4.69) is 15.3 Å². The second kappa shape index (κ2) is 6.08. The molecule has 5 heteroatoms. The molecule has 1 heterocycles. The highest BCUT2D eigenvalue weighted by Gasteiger charge is 2.01. The van der Waals surface area contributed by atoms with Gasteiger partial charge >= 0.3 is 5.97 Å². The Morgan fingerprint density at radius 1 is 1.60 bits per heavy atom. The minimum atomic E-state index is -0.247. The molecule has 0 aromatic carbocycles. The summed E-state index contributed by atoms with van der Waals surface area (Å²) in [6.07, 6.45) is 1.70. The second-order valence-electron chi connectivity index (χ2n) is 3.00. The van der Waals surface area contributed by atoms with Crippen molar-refractivity contribution in [1.82, 2.24) is 15.3 Å². The number of carbonyl (C=O) groups excluding carboxylic acids is 1. The van der Waals surface area contributed by atoms with Gasteiger partial charge in [0.25, 0.3) is 0 Å². The van der Waals surface area contributed by atoms with Crippen LogP contribution in [0.25, 0.3) is 0 Å². The van der Waals surface area contributed by atoms with Crippen LogP contribution in [0.4, 0.5) is 0 Å². The molecule has 0 bridgehead atoms. The van der Waals surface area contributed by atoms with Gasteiger partial charge in [0.2, 0.25) is 0 Å². The predicted molar refractivity (Wildman–Crippen MR) is 55.1 cm³/mol. The minimum absolute atomic E-state index is 0.205. The third-order valence-electron chi connectivity index (χ3n) is 1.71. The summed E-state index contributed by atoms with van der Waals surface area (Å²) < 4.78 is 4.77. The molecule has 5 nitrogen and oxygen atoms in total. The lowest BCUT2D eigenvalue weighted by Gasteiger charge is -2.04. The van der Waals surface area contributed by atoms with Gasteiger partial charge in [0.05, 0.1) is 18.8 Å². The summed E-state index contributed by atoms with van der Waals surface area (Å²) in [4.78, 5) is 19.2. The highest BCUT2D eigenvalue weighted by Crippen LogP contribution is 1.93. The first kappa shape index (κ1) is 11.6. The number of ether oxygens (including phenoxy) is 1. The fraction of sp³-hybridized carbons (Fsp3) is 0.500. The maximum Gasteiger partial charge on any atom is 0.319 e. The number of hydrogen-bond donors (Lipinski definition) is 1. The van der Waals surface area contributed by atoms with Crippen molar-refractivity contribution in [1.29, 1.82) is 0 Å². The number of rotatable bonds is 5. The van der Waals surface area contributed by atoms with E-state index in [1.54, 1.807) is 13.1 Å². The molecule has 0 spiro atoms. The van der Waals surface area contributed by atoms with Crippen molar-refractivity contribution in [3.63, 3.8) is 0 Å². The summed E-state index contributed by atoms with van der Waals surface area (Å²) >= 11 is 0. The van der Waals surface area contributed by atoms with Crippen LogP contribution in [0.15, 0.2) is 12.3 Å². The van der Waals surface area contributed by atoms with Crippen molar-refractivity contribution in [2.75, 3.05) is 13.2 Å². The van der Waals surface area contributed by atoms with Crippen LogP contribution in [0, 0.1) is 6.92 Å². The van der Waals surface area contributed by atoms with Crippen LogP contribution >= 0.6 is 0 Å². The van der Waals surface area contributed by atoms with E-state index in [4.69, 9.17) is 4.74 Å². The van der Waals surface area contributed by atoms with E-state index in [1.807, 2.05) is 13.0 Å². The normalized spacial score (nSPS) is 10.0. The van der Waals surface area contributed by atoms with E-state index in [0.29, 0.717) is 13.2 Å². The Bertz CT molecular complexity index is 328. The molecule has 1 rings (SSSR count). The van der Waals surface area contributed by atoms with Gasteiger partial charge in [-0.2, -0.15) is 0 Å². The van der Waals surface area contributed by atoms with Gasteiger partial charge in [-0.25, -0.2) is 9.97 Å². The first-order chi connectivity index (χ1) is 7.22. The first-order valence-electron chi connectivity index (χ1n) is 4.87. The van der Waals surface area contributed by atoms with E-state index < -0.39 is 0 Å². The largest absolute Gasteiger partial charge is 0.465 e. The summed E-state index contributed by atoms with van der Waals surface area (Å²) in [5, 5.41) is 2.95. The van der Waals surface area contributed by atoms with Crippen molar-refractivity contribution in [2.45, 2.75) is 20.4 Å². The fourth-order valence-corrected chi connectivity index (χ4v) is 1.11. The van der Waals surface area contributed by atoms with Gasteiger partial charge in [0.1, 0.15) is 5.82 Å². The number of aromatic nitrogens is 2. The molecule has 82 valence electrons. The van der Waals surface area contributed by atoms with Crippen LogP contribution in [0.3, 0.4) is 0 Å². The zero-order chi connectivity index (χ0) is 11.1. The molecule has 0 amide bonds. The Kier molecular flexibility index (Phi) is 4.70. The maximum absolute atomic E-state index is 11.0. The van der Waals surface area contributed by atoms with Crippen LogP contribution in [0.5, 0.6) is 0 Å². The molecule has 0 radical (unpaired) electrons. The molecule has 0 saturated carbocycles. The Balaban J connectivity index is 2.28. The molecule has 0 saturated heterocycles. The standard InChI is InChI=1S/C10H15N3O2/c1-3-15-10(14)7-11-6-9-4-5-12-8(2)13-9/h4-5,11H,3,6-7H2,1-2H3. The molecular weight excluding hydrogens is 194 g/mol. The lowest BCUT2D eigenvalue weighted by molar-refractivity contribution is -0.142.